The van der Waals surface area contributed by atoms with Gasteiger partial charge in [0, 0.05) is 45.0 Å². The molecule has 28 heavy (non-hydrogen) atoms. The standard InChI is InChI=1S/C21H33N5O2/c27-19(17-18-5-2-1-3-6-18)24-13-15-25(16-14-24)20(28)21(7-10-22-11-8-21)26-12-4-9-23-26/h4,9,12,18,22H,1-3,5-8,10-11,13-17H2. The molecular formula is C21H33N5O2. The zero-order valence-corrected chi connectivity index (χ0v) is 16.8. The van der Waals surface area contributed by atoms with Crippen LogP contribution in [0.3, 0.4) is 0 Å². The summed E-state index contributed by atoms with van der Waals surface area (Å²) in [5.74, 6) is 1.01. The zero-order valence-electron chi connectivity index (χ0n) is 16.8. The lowest BCUT2D eigenvalue weighted by Crippen LogP contribution is -2.59. The molecule has 0 bridgehead atoms. The van der Waals surface area contributed by atoms with Crippen molar-refractivity contribution in [3.8, 4) is 0 Å². The first-order chi connectivity index (χ1) is 13.7. The summed E-state index contributed by atoms with van der Waals surface area (Å²) in [5.41, 5.74) is -0.580. The van der Waals surface area contributed by atoms with Gasteiger partial charge in [0.15, 0.2) is 0 Å². The summed E-state index contributed by atoms with van der Waals surface area (Å²) in [6.45, 7) is 4.23. The molecule has 3 fully saturated rings. The van der Waals surface area contributed by atoms with E-state index in [-0.39, 0.29) is 11.8 Å². The van der Waals surface area contributed by atoms with Crippen LogP contribution in [-0.2, 0) is 15.1 Å². The molecule has 1 aromatic rings. The van der Waals surface area contributed by atoms with Crippen LogP contribution in [-0.4, -0.2) is 70.7 Å². The van der Waals surface area contributed by atoms with Crippen molar-refractivity contribution in [3.63, 3.8) is 0 Å². The number of carbonyl (C=O) groups excluding carboxylic acids is 2. The molecule has 7 nitrogen and oxygen atoms in total. The highest BCUT2D eigenvalue weighted by Crippen LogP contribution is 2.30. The molecule has 7 heteroatoms. The minimum Gasteiger partial charge on any atom is -0.339 e. The van der Waals surface area contributed by atoms with Crippen LogP contribution in [0.5, 0.6) is 0 Å². The quantitative estimate of drug-likeness (QED) is 0.852. The van der Waals surface area contributed by atoms with Crippen LogP contribution in [0, 0.1) is 5.92 Å². The Labute approximate surface area is 167 Å². The Balaban J connectivity index is 1.36. The molecule has 4 rings (SSSR count). The van der Waals surface area contributed by atoms with Crippen molar-refractivity contribution >= 4 is 11.8 Å². The van der Waals surface area contributed by atoms with Gasteiger partial charge >= 0.3 is 0 Å². The summed E-state index contributed by atoms with van der Waals surface area (Å²) < 4.78 is 1.86. The summed E-state index contributed by atoms with van der Waals surface area (Å²) >= 11 is 0. The predicted octanol–water partition coefficient (Wildman–Crippen LogP) is 1.60. The van der Waals surface area contributed by atoms with Crippen molar-refractivity contribution in [1.82, 2.24) is 24.9 Å². The van der Waals surface area contributed by atoms with Gasteiger partial charge in [0.2, 0.25) is 5.91 Å². The van der Waals surface area contributed by atoms with E-state index >= 15 is 0 Å². The fraction of sp³-hybridized carbons (Fsp3) is 0.762. The summed E-state index contributed by atoms with van der Waals surface area (Å²) in [6, 6.07) is 1.89. The fourth-order valence-corrected chi connectivity index (χ4v) is 5.12. The predicted molar refractivity (Wildman–Crippen MR) is 107 cm³/mol. The lowest BCUT2D eigenvalue weighted by Gasteiger charge is -2.43. The molecule has 3 heterocycles. The summed E-state index contributed by atoms with van der Waals surface area (Å²) in [4.78, 5) is 30.1. The summed E-state index contributed by atoms with van der Waals surface area (Å²) in [6.07, 6.45) is 12.1. The first-order valence-corrected chi connectivity index (χ1v) is 11.0. The molecule has 0 unspecified atom stereocenters. The van der Waals surface area contributed by atoms with Crippen LogP contribution in [0.15, 0.2) is 18.5 Å². The van der Waals surface area contributed by atoms with Crippen molar-refractivity contribution in [1.29, 1.82) is 0 Å². The second-order valence-corrected chi connectivity index (χ2v) is 8.61. The number of piperidine rings is 1. The van der Waals surface area contributed by atoms with Crippen LogP contribution in [0.25, 0.3) is 0 Å². The van der Waals surface area contributed by atoms with Crippen LogP contribution in [0.2, 0.25) is 0 Å². The van der Waals surface area contributed by atoms with E-state index in [1.165, 1.54) is 32.1 Å². The average molecular weight is 388 g/mol. The fourth-order valence-electron chi connectivity index (χ4n) is 5.12. The van der Waals surface area contributed by atoms with Gasteiger partial charge in [0.25, 0.3) is 5.91 Å². The topological polar surface area (TPSA) is 70.5 Å². The van der Waals surface area contributed by atoms with Crippen LogP contribution < -0.4 is 5.32 Å². The van der Waals surface area contributed by atoms with Gasteiger partial charge in [-0.15, -0.1) is 0 Å². The Kier molecular flexibility index (Phi) is 5.99. The Bertz CT molecular complexity index is 654. The highest BCUT2D eigenvalue weighted by atomic mass is 16.2. The first-order valence-electron chi connectivity index (χ1n) is 11.0. The van der Waals surface area contributed by atoms with Crippen molar-refractivity contribution < 1.29 is 9.59 Å². The van der Waals surface area contributed by atoms with Crippen molar-refractivity contribution in [2.75, 3.05) is 39.3 Å². The molecule has 0 atom stereocenters. The molecule has 0 aromatic carbocycles. The molecule has 0 spiro atoms. The van der Waals surface area contributed by atoms with Crippen molar-refractivity contribution in [2.45, 2.75) is 56.9 Å². The highest BCUT2D eigenvalue weighted by molar-refractivity contribution is 5.85. The van der Waals surface area contributed by atoms with Gasteiger partial charge in [0.05, 0.1) is 0 Å². The SMILES string of the molecule is O=C(CC1CCCCC1)N1CCN(C(=O)C2(n3cccn3)CCNCC2)CC1. The third-order valence-electron chi connectivity index (χ3n) is 6.88. The third kappa shape index (κ3) is 3.95. The van der Waals surface area contributed by atoms with E-state index in [1.807, 2.05) is 26.7 Å². The monoisotopic (exact) mass is 387 g/mol. The lowest BCUT2D eigenvalue weighted by molar-refractivity contribution is -0.148. The normalized spacial score (nSPS) is 23.6. The Morgan fingerprint density at radius 2 is 1.68 bits per heavy atom. The van der Waals surface area contributed by atoms with E-state index in [0.717, 1.165) is 25.9 Å². The minimum absolute atomic E-state index is 0.164. The maximum atomic E-state index is 13.5. The van der Waals surface area contributed by atoms with Crippen LogP contribution in [0.1, 0.15) is 51.4 Å². The van der Waals surface area contributed by atoms with Crippen LogP contribution in [0.4, 0.5) is 0 Å². The van der Waals surface area contributed by atoms with E-state index in [0.29, 0.717) is 38.5 Å². The van der Waals surface area contributed by atoms with Gasteiger partial charge in [-0.1, -0.05) is 19.3 Å². The maximum Gasteiger partial charge on any atom is 0.250 e. The molecule has 1 saturated carbocycles. The highest BCUT2D eigenvalue weighted by Gasteiger charge is 2.45. The molecule has 1 N–H and O–H groups in total. The zero-order chi connectivity index (χ0) is 19.4. The van der Waals surface area contributed by atoms with Gasteiger partial charge < -0.3 is 15.1 Å². The van der Waals surface area contributed by atoms with E-state index in [9.17, 15) is 9.59 Å². The van der Waals surface area contributed by atoms with Gasteiger partial charge in [-0.05, 0) is 50.8 Å². The van der Waals surface area contributed by atoms with E-state index in [1.54, 1.807) is 6.20 Å². The number of hydrogen-bond acceptors (Lipinski definition) is 4. The molecule has 3 aliphatic rings. The minimum atomic E-state index is -0.580. The van der Waals surface area contributed by atoms with Crippen molar-refractivity contribution in [3.05, 3.63) is 18.5 Å². The first kappa shape index (κ1) is 19.4. The number of rotatable bonds is 4. The number of nitrogens with zero attached hydrogens (tertiary/aromatic N) is 4. The molecular weight excluding hydrogens is 354 g/mol. The summed E-state index contributed by atoms with van der Waals surface area (Å²) in [7, 11) is 0. The van der Waals surface area contributed by atoms with Gasteiger partial charge in [0.1, 0.15) is 5.54 Å². The third-order valence-corrected chi connectivity index (χ3v) is 6.88. The number of hydrogen-bond donors (Lipinski definition) is 1. The molecule has 2 amide bonds. The number of carbonyl (C=O) groups is 2. The van der Waals surface area contributed by atoms with Gasteiger partial charge in [-0.25, -0.2) is 0 Å². The molecule has 2 saturated heterocycles. The maximum absolute atomic E-state index is 13.5. The van der Waals surface area contributed by atoms with Gasteiger partial charge in [-0.3, -0.25) is 14.3 Å². The Morgan fingerprint density at radius 3 is 2.32 bits per heavy atom. The number of piperazine rings is 1. The number of amides is 2. The molecule has 1 aromatic heterocycles. The smallest absolute Gasteiger partial charge is 0.250 e. The number of nitrogens with one attached hydrogen (secondary N) is 1. The Hall–Kier alpha value is -1.89. The summed E-state index contributed by atoms with van der Waals surface area (Å²) in [5, 5.41) is 7.77. The van der Waals surface area contributed by atoms with E-state index in [2.05, 4.69) is 10.4 Å². The molecule has 2 aliphatic heterocycles. The lowest BCUT2D eigenvalue weighted by atomic mass is 9.86. The largest absolute Gasteiger partial charge is 0.339 e. The average Bonchev–Trinajstić information content (AvgIpc) is 3.30. The van der Waals surface area contributed by atoms with Crippen LogP contribution >= 0.6 is 0 Å². The van der Waals surface area contributed by atoms with E-state index < -0.39 is 5.54 Å². The van der Waals surface area contributed by atoms with E-state index in [4.69, 9.17) is 0 Å². The second kappa shape index (κ2) is 8.64. The molecule has 154 valence electrons. The molecule has 0 radical (unpaired) electrons. The molecule has 1 aliphatic carbocycles. The Morgan fingerprint density at radius 1 is 1.00 bits per heavy atom. The van der Waals surface area contributed by atoms with Gasteiger partial charge in [-0.2, -0.15) is 5.10 Å². The van der Waals surface area contributed by atoms with Crippen molar-refractivity contribution in [2.24, 2.45) is 5.92 Å². The second-order valence-electron chi connectivity index (χ2n) is 8.61. The number of aromatic nitrogens is 2.